The van der Waals surface area contributed by atoms with Gasteiger partial charge in [-0.1, -0.05) is 12.1 Å². The fourth-order valence-electron chi connectivity index (χ4n) is 2.76. The zero-order chi connectivity index (χ0) is 16.9. The molecule has 1 saturated heterocycles. The van der Waals surface area contributed by atoms with Crippen molar-refractivity contribution in [3.8, 4) is 0 Å². The largest absolute Gasteiger partial charge is 0.342 e. The minimum absolute atomic E-state index is 0.0246. The van der Waals surface area contributed by atoms with E-state index in [9.17, 15) is 14.0 Å². The monoisotopic (exact) mass is 327 g/mol. The summed E-state index contributed by atoms with van der Waals surface area (Å²) in [7, 11) is 0. The van der Waals surface area contributed by atoms with E-state index in [0.29, 0.717) is 25.2 Å². The van der Waals surface area contributed by atoms with E-state index in [-0.39, 0.29) is 30.0 Å². The Hall–Kier alpha value is -2.76. The molecule has 0 spiro atoms. The molecule has 2 aromatic rings. The minimum atomic E-state index is -0.356. The molecule has 1 atom stereocenters. The first-order chi connectivity index (χ1) is 11.6. The van der Waals surface area contributed by atoms with Gasteiger partial charge in [-0.25, -0.2) is 4.39 Å². The fourth-order valence-corrected chi connectivity index (χ4v) is 2.76. The Morgan fingerprint density at radius 1 is 1.29 bits per heavy atom. The summed E-state index contributed by atoms with van der Waals surface area (Å²) >= 11 is 0. The predicted octanol–water partition coefficient (Wildman–Crippen LogP) is 2.25. The Labute approximate surface area is 139 Å². The molecule has 1 aliphatic heterocycles. The molecular weight excluding hydrogens is 309 g/mol. The number of anilines is 1. The number of hydrogen-bond donors (Lipinski definition) is 1. The molecule has 1 aromatic carbocycles. The number of carbonyl (C=O) groups is 2. The maximum atomic E-state index is 12.9. The highest BCUT2D eigenvalue weighted by Crippen LogP contribution is 2.20. The van der Waals surface area contributed by atoms with Gasteiger partial charge < -0.3 is 10.2 Å². The van der Waals surface area contributed by atoms with E-state index < -0.39 is 0 Å². The normalized spacial score (nSPS) is 17.1. The Morgan fingerprint density at radius 3 is 2.79 bits per heavy atom. The number of hydrogen-bond acceptors (Lipinski definition) is 3. The van der Waals surface area contributed by atoms with Crippen LogP contribution in [0.2, 0.25) is 0 Å². The molecule has 124 valence electrons. The quantitative estimate of drug-likeness (QED) is 0.916. The molecule has 1 aromatic heterocycles. The molecule has 0 bridgehead atoms. The second-order valence-electron chi connectivity index (χ2n) is 5.85. The number of pyridine rings is 1. The van der Waals surface area contributed by atoms with Gasteiger partial charge in [-0.15, -0.1) is 0 Å². The number of amides is 2. The van der Waals surface area contributed by atoms with Gasteiger partial charge in [0.25, 0.3) is 0 Å². The van der Waals surface area contributed by atoms with Crippen molar-refractivity contribution in [2.45, 2.75) is 12.8 Å². The molecule has 3 rings (SSSR count). The van der Waals surface area contributed by atoms with Gasteiger partial charge in [0, 0.05) is 25.7 Å². The number of nitrogens with zero attached hydrogens (tertiary/aromatic N) is 2. The molecule has 1 fully saturated rings. The molecule has 24 heavy (non-hydrogen) atoms. The third-order valence-electron chi connectivity index (χ3n) is 4.10. The van der Waals surface area contributed by atoms with Gasteiger partial charge in [-0.3, -0.25) is 14.6 Å². The lowest BCUT2D eigenvalue weighted by Crippen LogP contribution is -2.30. The third kappa shape index (κ3) is 3.95. The average molecular weight is 327 g/mol. The third-order valence-corrected chi connectivity index (χ3v) is 4.10. The molecule has 1 aliphatic rings. The maximum Gasteiger partial charge on any atom is 0.229 e. The molecule has 5 nitrogen and oxygen atoms in total. The van der Waals surface area contributed by atoms with Crippen LogP contribution in [0.4, 0.5) is 10.1 Å². The molecule has 0 saturated carbocycles. The van der Waals surface area contributed by atoms with Crippen molar-refractivity contribution in [2.75, 3.05) is 18.4 Å². The van der Waals surface area contributed by atoms with Gasteiger partial charge in [-0.2, -0.15) is 0 Å². The van der Waals surface area contributed by atoms with Crippen molar-refractivity contribution in [3.05, 3.63) is 60.2 Å². The molecule has 0 radical (unpaired) electrons. The summed E-state index contributed by atoms with van der Waals surface area (Å²) in [6.45, 7) is 0.938. The minimum Gasteiger partial charge on any atom is -0.342 e. The number of likely N-dealkylation sites (tertiary alicyclic amines) is 1. The van der Waals surface area contributed by atoms with Crippen LogP contribution in [0.1, 0.15) is 12.0 Å². The average Bonchev–Trinajstić information content (AvgIpc) is 2.96. The van der Waals surface area contributed by atoms with E-state index in [1.807, 2.05) is 0 Å². The Balaban J connectivity index is 1.53. The lowest BCUT2D eigenvalue weighted by molar-refractivity contribution is -0.128. The summed E-state index contributed by atoms with van der Waals surface area (Å²) in [5, 5.41) is 2.78. The number of halogens is 1. The van der Waals surface area contributed by atoms with E-state index in [1.165, 1.54) is 12.1 Å². The van der Waals surface area contributed by atoms with E-state index in [4.69, 9.17) is 0 Å². The highest BCUT2D eigenvalue weighted by atomic mass is 19.1. The zero-order valence-electron chi connectivity index (χ0n) is 13.1. The van der Waals surface area contributed by atoms with Crippen LogP contribution in [0.3, 0.4) is 0 Å². The van der Waals surface area contributed by atoms with Crippen molar-refractivity contribution < 1.29 is 14.0 Å². The number of aromatic nitrogens is 1. The van der Waals surface area contributed by atoms with Crippen LogP contribution >= 0.6 is 0 Å². The Morgan fingerprint density at radius 2 is 2.08 bits per heavy atom. The number of rotatable bonds is 5. The summed E-state index contributed by atoms with van der Waals surface area (Å²) in [6.07, 6.45) is 4.06. The van der Waals surface area contributed by atoms with Gasteiger partial charge in [0.2, 0.25) is 11.8 Å². The van der Waals surface area contributed by atoms with E-state index in [0.717, 1.165) is 5.56 Å². The van der Waals surface area contributed by atoms with Crippen molar-refractivity contribution in [1.29, 1.82) is 0 Å². The standard InChI is InChI=1S/C18H18FN3O2/c19-15-5-3-13(4-6-15)7-9-22-12-14(10-17(22)23)18(24)21-16-2-1-8-20-11-16/h1-6,8,11,14H,7,9-10,12H2,(H,21,24). The zero-order valence-corrected chi connectivity index (χ0v) is 13.1. The molecule has 0 aliphatic carbocycles. The van der Waals surface area contributed by atoms with Gasteiger partial charge in [0.05, 0.1) is 17.8 Å². The summed E-state index contributed by atoms with van der Waals surface area (Å²) in [6, 6.07) is 9.74. The molecule has 2 heterocycles. The van der Waals surface area contributed by atoms with Gasteiger partial charge in [0.1, 0.15) is 5.82 Å². The van der Waals surface area contributed by atoms with Crippen molar-refractivity contribution in [2.24, 2.45) is 5.92 Å². The molecule has 1 unspecified atom stereocenters. The van der Waals surface area contributed by atoms with Crippen LogP contribution in [0.15, 0.2) is 48.8 Å². The van der Waals surface area contributed by atoms with Gasteiger partial charge in [0.15, 0.2) is 0 Å². The number of benzene rings is 1. The van der Waals surface area contributed by atoms with Crippen LogP contribution < -0.4 is 5.32 Å². The first kappa shape index (κ1) is 16.1. The summed E-state index contributed by atoms with van der Waals surface area (Å²) in [5.74, 6) is -0.821. The van der Waals surface area contributed by atoms with Gasteiger partial charge >= 0.3 is 0 Å². The SMILES string of the molecule is O=C(Nc1cccnc1)C1CC(=O)N(CCc2ccc(F)cc2)C1. The Kier molecular flexibility index (Phi) is 4.84. The number of nitrogens with one attached hydrogen (secondary N) is 1. The molecule has 6 heteroatoms. The second kappa shape index (κ2) is 7.21. The summed E-state index contributed by atoms with van der Waals surface area (Å²) < 4.78 is 12.9. The van der Waals surface area contributed by atoms with Crippen LogP contribution in [-0.4, -0.2) is 34.8 Å². The number of carbonyl (C=O) groups excluding carboxylic acids is 2. The fraction of sp³-hybridized carbons (Fsp3) is 0.278. The summed E-state index contributed by atoms with van der Waals surface area (Å²) in [5.41, 5.74) is 1.59. The van der Waals surface area contributed by atoms with E-state index >= 15 is 0 Å². The first-order valence-corrected chi connectivity index (χ1v) is 7.85. The Bertz CT molecular complexity index is 719. The molecular formula is C18H18FN3O2. The first-order valence-electron chi connectivity index (χ1n) is 7.85. The lowest BCUT2D eigenvalue weighted by Gasteiger charge is -2.16. The lowest BCUT2D eigenvalue weighted by atomic mass is 10.1. The van der Waals surface area contributed by atoms with Crippen LogP contribution in [0, 0.1) is 11.7 Å². The highest BCUT2D eigenvalue weighted by molar-refractivity contribution is 5.97. The predicted molar refractivity (Wildman–Crippen MR) is 87.7 cm³/mol. The van der Waals surface area contributed by atoms with Gasteiger partial charge in [-0.05, 0) is 36.2 Å². The van der Waals surface area contributed by atoms with Crippen LogP contribution in [0.25, 0.3) is 0 Å². The second-order valence-corrected chi connectivity index (χ2v) is 5.85. The molecule has 1 N–H and O–H groups in total. The van der Waals surface area contributed by atoms with Crippen molar-refractivity contribution in [1.82, 2.24) is 9.88 Å². The van der Waals surface area contributed by atoms with E-state index in [1.54, 1.807) is 41.6 Å². The smallest absolute Gasteiger partial charge is 0.229 e. The van der Waals surface area contributed by atoms with E-state index in [2.05, 4.69) is 10.3 Å². The van der Waals surface area contributed by atoms with Crippen molar-refractivity contribution >= 4 is 17.5 Å². The topological polar surface area (TPSA) is 62.3 Å². The van der Waals surface area contributed by atoms with Crippen LogP contribution in [0.5, 0.6) is 0 Å². The van der Waals surface area contributed by atoms with Crippen molar-refractivity contribution in [3.63, 3.8) is 0 Å². The molecule has 2 amide bonds. The summed E-state index contributed by atoms with van der Waals surface area (Å²) in [4.78, 5) is 30.0. The highest BCUT2D eigenvalue weighted by Gasteiger charge is 2.33. The maximum absolute atomic E-state index is 12.9. The van der Waals surface area contributed by atoms with Crippen LogP contribution in [-0.2, 0) is 16.0 Å².